The molecule has 20 heavy (non-hydrogen) atoms. The first kappa shape index (κ1) is 17.0. The summed E-state index contributed by atoms with van der Waals surface area (Å²) in [5, 5.41) is 16.4. The maximum absolute atomic E-state index is 12.0. The van der Waals surface area contributed by atoms with E-state index in [1.807, 2.05) is 6.92 Å². The molecule has 6 heteroatoms. The number of nitrogens with one attached hydrogen (secondary N) is 1. The number of anilines is 1. The third-order valence-electron chi connectivity index (χ3n) is 3.19. The normalized spacial score (nSPS) is 11.7. The van der Waals surface area contributed by atoms with Gasteiger partial charge >= 0.3 is 0 Å². The molecule has 1 aromatic heterocycles. The van der Waals surface area contributed by atoms with Crippen LogP contribution in [0.4, 0.5) is 5.69 Å². The van der Waals surface area contributed by atoms with E-state index in [1.54, 1.807) is 6.20 Å². The zero-order chi connectivity index (χ0) is 15.2. The Morgan fingerprint density at radius 1 is 1.50 bits per heavy atom. The number of aromatic nitrogens is 2. The van der Waals surface area contributed by atoms with Crippen molar-refractivity contribution in [3.05, 3.63) is 21.6 Å². The first-order valence-corrected chi connectivity index (χ1v) is 7.39. The van der Waals surface area contributed by atoms with E-state index in [1.165, 1.54) is 4.68 Å². The van der Waals surface area contributed by atoms with Crippen LogP contribution >= 0.6 is 11.6 Å². The van der Waals surface area contributed by atoms with Crippen molar-refractivity contribution in [2.24, 2.45) is 5.41 Å². The average molecular weight is 302 g/mol. The average Bonchev–Trinajstić information content (AvgIpc) is 2.41. The third-order valence-corrected chi connectivity index (χ3v) is 3.55. The van der Waals surface area contributed by atoms with Crippen LogP contribution in [0, 0.1) is 5.41 Å². The highest BCUT2D eigenvalue weighted by molar-refractivity contribution is 6.32. The molecule has 0 fully saturated rings. The van der Waals surface area contributed by atoms with Crippen molar-refractivity contribution < 1.29 is 5.11 Å². The van der Waals surface area contributed by atoms with Crippen LogP contribution in [0.5, 0.6) is 0 Å². The lowest BCUT2D eigenvalue weighted by atomic mass is 9.88. The van der Waals surface area contributed by atoms with E-state index in [0.717, 1.165) is 19.3 Å². The van der Waals surface area contributed by atoms with Crippen molar-refractivity contribution >= 4 is 17.3 Å². The summed E-state index contributed by atoms with van der Waals surface area (Å²) in [7, 11) is 0. The monoisotopic (exact) mass is 301 g/mol. The summed E-state index contributed by atoms with van der Waals surface area (Å²) in [5.74, 6) is 0. The van der Waals surface area contributed by atoms with Crippen LogP contribution in [-0.4, -0.2) is 28.0 Å². The smallest absolute Gasteiger partial charge is 0.287 e. The SMILES string of the molecule is CCCn1ncc(NCC(C)(C)CCCO)c(Cl)c1=O. The highest BCUT2D eigenvalue weighted by Crippen LogP contribution is 2.24. The minimum absolute atomic E-state index is 0.0182. The summed E-state index contributed by atoms with van der Waals surface area (Å²) in [6.07, 6.45) is 4.10. The zero-order valence-electron chi connectivity index (χ0n) is 12.4. The van der Waals surface area contributed by atoms with Gasteiger partial charge in [-0.05, 0) is 24.7 Å². The topological polar surface area (TPSA) is 67.2 Å². The lowest BCUT2D eigenvalue weighted by Gasteiger charge is -2.25. The number of hydrogen-bond acceptors (Lipinski definition) is 4. The van der Waals surface area contributed by atoms with Gasteiger partial charge in [-0.25, -0.2) is 4.68 Å². The number of aliphatic hydroxyl groups excluding tert-OH is 1. The third kappa shape index (κ3) is 4.80. The molecule has 5 nitrogen and oxygen atoms in total. The predicted octanol–water partition coefficient (Wildman–Crippen LogP) is 2.52. The Morgan fingerprint density at radius 3 is 2.80 bits per heavy atom. The Morgan fingerprint density at radius 2 is 2.20 bits per heavy atom. The minimum Gasteiger partial charge on any atom is -0.396 e. The van der Waals surface area contributed by atoms with Crippen LogP contribution in [0.25, 0.3) is 0 Å². The molecule has 0 amide bonds. The Labute approximate surface area is 125 Å². The summed E-state index contributed by atoms with van der Waals surface area (Å²) >= 11 is 6.09. The van der Waals surface area contributed by atoms with E-state index in [4.69, 9.17) is 16.7 Å². The van der Waals surface area contributed by atoms with Gasteiger partial charge in [0.05, 0.1) is 11.9 Å². The van der Waals surface area contributed by atoms with Gasteiger partial charge in [-0.3, -0.25) is 4.79 Å². The first-order chi connectivity index (χ1) is 9.41. The van der Waals surface area contributed by atoms with Crippen molar-refractivity contribution in [1.82, 2.24) is 9.78 Å². The summed E-state index contributed by atoms with van der Waals surface area (Å²) in [4.78, 5) is 12.0. The number of aryl methyl sites for hydroxylation is 1. The predicted molar refractivity (Wildman–Crippen MR) is 82.4 cm³/mol. The molecule has 0 atom stereocenters. The molecule has 0 radical (unpaired) electrons. The molecule has 0 spiro atoms. The molecule has 1 rings (SSSR count). The molecule has 0 aliphatic heterocycles. The zero-order valence-corrected chi connectivity index (χ0v) is 13.2. The van der Waals surface area contributed by atoms with Gasteiger partial charge in [0, 0.05) is 19.7 Å². The van der Waals surface area contributed by atoms with E-state index in [-0.39, 0.29) is 22.6 Å². The highest BCUT2D eigenvalue weighted by Gasteiger charge is 2.18. The number of rotatable bonds is 8. The summed E-state index contributed by atoms with van der Waals surface area (Å²) in [6, 6.07) is 0. The van der Waals surface area contributed by atoms with Crippen molar-refractivity contribution in [2.45, 2.75) is 46.6 Å². The van der Waals surface area contributed by atoms with Gasteiger partial charge in [0.15, 0.2) is 0 Å². The van der Waals surface area contributed by atoms with E-state index < -0.39 is 0 Å². The fourth-order valence-corrected chi connectivity index (χ4v) is 2.15. The van der Waals surface area contributed by atoms with Gasteiger partial charge in [0.1, 0.15) is 5.02 Å². The number of halogens is 1. The van der Waals surface area contributed by atoms with Gasteiger partial charge < -0.3 is 10.4 Å². The van der Waals surface area contributed by atoms with E-state index in [2.05, 4.69) is 24.3 Å². The van der Waals surface area contributed by atoms with Crippen LogP contribution in [-0.2, 0) is 6.54 Å². The van der Waals surface area contributed by atoms with Crippen molar-refractivity contribution in [2.75, 3.05) is 18.5 Å². The largest absolute Gasteiger partial charge is 0.396 e. The molecule has 1 aromatic rings. The standard InChI is InChI=1S/C14H24ClN3O2/c1-4-7-18-13(20)12(15)11(9-17-18)16-10-14(2,3)6-5-8-19/h9,16,19H,4-8,10H2,1-3H3. The van der Waals surface area contributed by atoms with Crippen LogP contribution in [0.2, 0.25) is 5.02 Å². The van der Waals surface area contributed by atoms with Crippen LogP contribution in [0.1, 0.15) is 40.0 Å². The van der Waals surface area contributed by atoms with Gasteiger partial charge in [-0.15, -0.1) is 0 Å². The fraction of sp³-hybridized carbons (Fsp3) is 0.714. The molecule has 0 aromatic carbocycles. The van der Waals surface area contributed by atoms with E-state index in [0.29, 0.717) is 18.8 Å². The van der Waals surface area contributed by atoms with Gasteiger partial charge in [0.2, 0.25) is 0 Å². The molecular formula is C14H24ClN3O2. The Bertz CT molecular complexity index is 486. The van der Waals surface area contributed by atoms with Gasteiger partial charge in [0.25, 0.3) is 5.56 Å². The summed E-state index contributed by atoms with van der Waals surface area (Å²) < 4.78 is 1.38. The van der Waals surface area contributed by atoms with Crippen LogP contribution in [0.3, 0.4) is 0 Å². The maximum Gasteiger partial charge on any atom is 0.287 e. The Balaban J connectivity index is 2.74. The van der Waals surface area contributed by atoms with Crippen LogP contribution < -0.4 is 10.9 Å². The molecule has 0 aliphatic rings. The van der Waals surface area contributed by atoms with E-state index in [9.17, 15) is 4.79 Å². The van der Waals surface area contributed by atoms with Crippen molar-refractivity contribution in [3.8, 4) is 0 Å². The molecule has 1 heterocycles. The van der Waals surface area contributed by atoms with Crippen molar-refractivity contribution in [3.63, 3.8) is 0 Å². The minimum atomic E-state index is -0.258. The molecule has 0 saturated heterocycles. The van der Waals surface area contributed by atoms with Gasteiger partial charge in [-0.1, -0.05) is 32.4 Å². The maximum atomic E-state index is 12.0. The summed E-state index contributed by atoms with van der Waals surface area (Å²) in [5.41, 5.74) is 0.331. The molecule has 0 unspecified atom stereocenters. The quantitative estimate of drug-likeness (QED) is 0.774. The molecule has 0 saturated carbocycles. The second-order valence-electron chi connectivity index (χ2n) is 5.75. The highest BCUT2D eigenvalue weighted by atomic mass is 35.5. The Hall–Kier alpha value is -1.07. The molecule has 2 N–H and O–H groups in total. The van der Waals surface area contributed by atoms with Crippen LogP contribution in [0.15, 0.2) is 11.0 Å². The molecular weight excluding hydrogens is 278 g/mol. The lowest BCUT2D eigenvalue weighted by molar-refractivity contribution is 0.248. The second-order valence-corrected chi connectivity index (χ2v) is 6.12. The van der Waals surface area contributed by atoms with E-state index >= 15 is 0 Å². The number of nitrogens with zero attached hydrogens (tertiary/aromatic N) is 2. The first-order valence-electron chi connectivity index (χ1n) is 7.01. The lowest BCUT2D eigenvalue weighted by Crippen LogP contribution is -2.27. The molecule has 0 aliphatic carbocycles. The summed E-state index contributed by atoms with van der Waals surface area (Å²) in [6.45, 7) is 7.63. The molecule has 0 bridgehead atoms. The second kappa shape index (κ2) is 7.64. The van der Waals surface area contributed by atoms with Crippen molar-refractivity contribution in [1.29, 1.82) is 0 Å². The Kier molecular flexibility index (Phi) is 6.49. The number of aliphatic hydroxyl groups is 1. The fourth-order valence-electron chi connectivity index (χ4n) is 1.94. The van der Waals surface area contributed by atoms with Gasteiger partial charge in [-0.2, -0.15) is 5.10 Å². The molecule has 114 valence electrons. The number of hydrogen-bond donors (Lipinski definition) is 2.